The van der Waals surface area contributed by atoms with Crippen molar-refractivity contribution in [2.45, 2.75) is 13.0 Å². The summed E-state index contributed by atoms with van der Waals surface area (Å²) in [6, 6.07) is 12.4. The maximum Gasteiger partial charge on any atom is 0.263 e. The highest BCUT2D eigenvalue weighted by molar-refractivity contribution is 7.99. The van der Waals surface area contributed by atoms with E-state index in [0.717, 1.165) is 36.0 Å². The monoisotopic (exact) mass is 480 g/mol. The minimum Gasteiger partial charge on any atom is -0.493 e. The molecule has 9 heteroatoms. The molecule has 0 radical (unpaired) electrons. The fourth-order valence-electron chi connectivity index (χ4n) is 3.65. The molecule has 3 aromatic rings. The molecular weight excluding hydrogens is 452 g/mol. The highest BCUT2D eigenvalue weighted by Gasteiger charge is 2.19. The Labute approximate surface area is 203 Å². The maximum absolute atomic E-state index is 12.8. The number of aromatic nitrogens is 2. The molecule has 1 aliphatic rings. The number of carbonyl (C=O) groups is 1. The average molecular weight is 481 g/mol. The van der Waals surface area contributed by atoms with Crippen LogP contribution in [0.1, 0.15) is 28.9 Å². The Morgan fingerprint density at radius 2 is 1.71 bits per heavy atom. The van der Waals surface area contributed by atoms with E-state index >= 15 is 0 Å². The molecule has 8 nitrogen and oxygen atoms in total. The van der Waals surface area contributed by atoms with Crippen molar-refractivity contribution in [3.8, 4) is 23.1 Å². The van der Waals surface area contributed by atoms with E-state index in [1.54, 1.807) is 50.9 Å². The van der Waals surface area contributed by atoms with Gasteiger partial charge in [-0.25, -0.2) is 9.97 Å². The van der Waals surface area contributed by atoms with Crippen LogP contribution < -0.4 is 24.4 Å². The third-order valence-electron chi connectivity index (χ3n) is 5.54. The number of nitrogens with one attached hydrogen (secondary N) is 1. The zero-order valence-corrected chi connectivity index (χ0v) is 20.3. The number of benzene rings is 2. The van der Waals surface area contributed by atoms with Crippen LogP contribution in [0.5, 0.6) is 23.1 Å². The van der Waals surface area contributed by atoms with Crippen LogP contribution in [-0.4, -0.2) is 54.7 Å². The molecule has 1 unspecified atom stereocenters. The quantitative estimate of drug-likeness (QED) is 0.510. The van der Waals surface area contributed by atoms with Crippen molar-refractivity contribution in [3.63, 3.8) is 0 Å². The first-order chi connectivity index (χ1) is 16.6. The van der Waals surface area contributed by atoms with Gasteiger partial charge in [-0.3, -0.25) is 4.79 Å². The topological polar surface area (TPSA) is 85.8 Å². The lowest BCUT2D eigenvalue weighted by Gasteiger charge is -2.28. The van der Waals surface area contributed by atoms with Crippen molar-refractivity contribution < 1.29 is 19.0 Å². The van der Waals surface area contributed by atoms with E-state index in [2.05, 4.69) is 20.2 Å². The van der Waals surface area contributed by atoms with Gasteiger partial charge in [-0.2, -0.15) is 11.8 Å². The van der Waals surface area contributed by atoms with Gasteiger partial charge in [0.25, 0.3) is 11.8 Å². The molecule has 1 aliphatic heterocycles. The van der Waals surface area contributed by atoms with Crippen molar-refractivity contribution in [2.24, 2.45) is 0 Å². The van der Waals surface area contributed by atoms with Crippen LogP contribution in [0.3, 0.4) is 0 Å². The molecule has 1 aromatic heterocycles. The van der Waals surface area contributed by atoms with E-state index in [9.17, 15) is 4.79 Å². The Morgan fingerprint density at radius 3 is 2.41 bits per heavy atom. The molecule has 0 bridgehead atoms. The van der Waals surface area contributed by atoms with Crippen LogP contribution in [0.4, 0.5) is 5.82 Å². The molecule has 1 amide bonds. The largest absolute Gasteiger partial charge is 0.493 e. The fourth-order valence-corrected chi connectivity index (χ4v) is 4.56. The molecule has 1 saturated heterocycles. The third-order valence-corrected chi connectivity index (χ3v) is 6.49. The van der Waals surface area contributed by atoms with Gasteiger partial charge >= 0.3 is 0 Å². The first-order valence-corrected chi connectivity index (χ1v) is 12.2. The Kier molecular flexibility index (Phi) is 7.74. The van der Waals surface area contributed by atoms with E-state index in [4.69, 9.17) is 14.2 Å². The summed E-state index contributed by atoms with van der Waals surface area (Å²) >= 11 is 1.93. The van der Waals surface area contributed by atoms with Gasteiger partial charge in [0.05, 0.1) is 20.3 Å². The Morgan fingerprint density at radius 1 is 1.00 bits per heavy atom. The molecule has 2 aromatic carbocycles. The number of anilines is 1. The second-order valence-corrected chi connectivity index (χ2v) is 8.95. The highest BCUT2D eigenvalue weighted by atomic mass is 32.2. The molecule has 0 aliphatic carbocycles. The van der Waals surface area contributed by atoms with Crippen LogP contribution in [0.25, 0.3) is 0 Å². The first kappa shape index (κ1) is 23.7. The third kappa shape index (κ3) is 5.53. The van der Waals surface area contributed by atoms with Gasteiger partial charge in [0, 0.05) is 42.6 Å². The predicted octanol–water partition coefficient (Wildman–Crippen LogP) is 4.33. The summed E-state index contributed by atoms with van der Waals surface area (Å²) in [5, 5.41) is 3.02. The minimum atomic E-state index is -0.215. The smallest absolute Gasteiger partial charge is 0.263 e. The number of amides is 1. The number of hydrogen-bond acceptors (Lipinski definition) is 8. The van der Waals surface area contributed by atoms with Gasteiger partial charge in [0.1, 0.15) is 5.75 Å². The maximum atomic E-state index is 12.8. The lowest BCUT2D eigenvalue weighted by atomic mass is 10.1. The van der Waals surface area contributed by atoms with Gasteiger partial charge in [-0.1, -0.05) is 6.07 Å². The number of rotatable bonds is 8. The van der Waals surface area contributed by atoms with E-state index in [-0.39, 0.29) is 11.9 Å². The lowest BCUT2D eigenvalue weighted by Crippen LogP contribution is -2.33. The summed E-state index contributed by atoms with van der Waals surface area (Å²) < 4.78 is 16.7. The number of hydrogen-bond donors (Lipinski definition) is 1. The van der Waals surface area contributed by atoms with Gasteiger partial charge in [0.15, 0.2) is 17.3 Å². The van der Waals surface area contributed by atoms with Gasteiger partial charge in [0.2, 0.25) is 0 Å². The molecule has 1 N–H and O–H groups in total. The Bertz CT molecular complexity index is 1120. The molecule has 0 spiro atoms. The summed E-state index contributed by atoms with van der Waals surface area (Å²) in [6.45, 7) is 3.75. The number of thioether (sulfide) groups is 1. The number of ether oxygens (including phenoxy) is 3. The second kappa shape index (κ2) is 11.1. The SMILES string of the molecule is COc1ccc(C(C)NC(=O)c2ccc(Oc3nccnc3N3CCSCC3)cc2)cc1OC. The summed E-state index contributed by atoms with van der Waals surface area (Å²) in [7, 11) is 3.18. The molecule has 4 rings (SSSR count). The summed E-state index contributed by atoms with van der Waals surface area (Å²) in [5.41, 5.74) is 1.45. The molecule has 0 saturated carbocycles. The normalized spacial score (nSPS) is 14.3. The fraction of sp³-hybridized carbons (Fsp3) is 0.320. The number of carbonyl (C=O) groups excluding carboxylic acids is 1. The second-order valence-electron chi connectivity index (χ2n) is 7.72. The zero-order chi connectivity index (χ0) is 23.9. The van der Waals surface area contributed by atoms with Crippen LogP contribution >= 0.6 is 11.8 Å². The van der Waals surface area contributed by atoms with Crippen molar-refractivity contribution in [1.29, 1.82) is 0 Å². The van der Waals surface area contributed by atoms with Gasteiger partial charge in [-0.15, -0.1) is 0 Å². The summed E-state index contributed by atoms with van der Waals surface area (Å²) in [5.74, 6) is 5.00. The first-order valence-electron chi connectivity index (χ1n) is 11.0. The molecular formula is C25H28N4O4S. The van der Waals surface area contributed by atoms with Crippen LogP contribution in [0.2, 0.25) is 0 Å². The van der Waals surface area contributed by atoms with Gasteiger partial charge in [-0.05, 0) is 48.9 Å². The molecule has 34 heavy (non-hydrogen) atoms. The van der Waals surface area contributed by atoms with Crippen molar-refractivity contribution >= 4 is 23.5 Å². The van der Waals surface area contributed by atoms with E-state index in [1.807, 2.05) is 36.9 Å². The van der Waals surface area contributed by atoms with E-state index in [0.29, 0.717) is 28.7 Å². The molecule has 178 valence electrons. The molecule has 1 fully saturated rings. The Balaban J connectivity index is 1.41. The standard InChI is InChI=1S/C25H28N4O4S/c1-17(19-6-9-21(31-2)22(16-19)32-3)28-24(30)18-4-7-20(8-5-18)33-25-23(26-10-11-27-25)29-12-14-34-15-13-29/h4-11,16-17H,12-15H2,1-3H3,(H,28,30). The zero-order valence-electron chi connectivity index (χ0n) is 19.5. The van der Waals surface area contributed by atoms with Gasteiger partial charge < -0.3 is 24.4 Å². The van der Waals surface area contributed by atoms with Crippen molar-refractivity contribution in [2.75, 3.05) is 43.7 Å². The van der Waals surface area contributed by atoms with E-state index < -0.39 is 0 Å². The molecule has 1 atom stereocenters. The van der Waals surface area contributed by atoms with Crippen molar-refractivity contribution in [1.82, 2.24) is 15.3 Å². The lowest BCUT2D eigenvalue weighted by molar-refractivity contribution is 0.0940. The average Bonchev–Trinajstić information content (AvgIpc) is 2.89. The molecule has 2 heterocycles. The number of methoxy groups -OCH3 is 2. The number of nitrogens with zero attached hydrogens (tertiary/aromatic N) is 3. The van der Waals surface area contributed by atoms with E-state index in [1.165, 1.54) is 0 Å². The van der Waals surface area contributed by atoms with Crippen LogP contribution in [0, 0.1) is 0 Å². The van der Waals surface area contributed by atoms with Crippen LogP contribution in [0.15, 0.2) is 54.9 Å². The predicted molar refractivity (Wildman–Crippen MR) is 134 cm³/mol. The summed E-state index contributed by atoms with van der Waals surface area (Å²) in [6.07, 6.45) is 3.30. The van der Waals surface area contributed by atoms with Crippen molar-refractivity contribution in [3.05, 3.63) is 66.0 Å². The minimum absolute atomic E-state index is 0.181. The summed E-state index contributed by atoms with van der Waals surface area (Å²) in [4.78, 5) is 23.8. The Hall–Kier alpha value is -3.46. The van der Waals surface area contributed by atoms with Crippen LogP contribution in [-0.2, 0) is 0 Å². The highest BCUT2D eigenvalue weighted by Crippen LogP contribution is 2.31.